The normalized spacial score (nSPS) is 8.44. The predicted molar refractivity (Wildman–Crippen MR) is 74.2 cm³/mol. The van der Waals surface area contributed by atoms with Crippen LogP contribution >= 0.6 is 27.6 Å². The average Bonchev–Trinajstić information content (AvgIpc) is 2.15. The fraction of sp³-hybridized carbons (Fsp3) is 0. The van der Waals surface area contributed by atoms with Gasteiger partial charge in [0.2, 0.25) is 0 Å². The summed E-state index contributed by atoms with van der Waals surface area (Å²) in [5, 5.41) is 2.15. The molecule has 0 atom stereocenters. The quantitative estimate of drug-likeness (QED) is 0.464. The first kappa shape index (κ1) is 21.0. The Kier molecular flexibility index (Phi) is 11.2. The maximum atomic E-state index is 10.8. The third-order valence-electron chi connectivity index (χ3n) is 1.59. The van der Waals surface area contributed by atoms with Crippen molar-refractivity contribution in [1.82, 2.24) is 0 Å². The summed E-state index contributed by atoms with van der Waals surface area (Å²) in [6, 6.07) is 3.54. The van der Waals surface area contributed by atoms with Crippen molar-refractivity contribution in [2.45, 2.75) is 0 Å². The van der Waals surface area contributed by atoms with E-state index in [2.05, 4.69) is 17.5 Å². The third kappa shape index (κ3) is 6.75. The molecule has 11 heteroatoms. The number of rotatable bonds is 3. The first-order valence-corrected chi connectivity index (χ1v) is 6.67. The maximum Gasteiger partial charge on any atom is 0.348 e. The minimum atomic E-state index is -2.87. The van der Waals surface area contributed by atoms with Crippen molar-refractivity contribution in [2.75, 3.05) is 5.32 Å². The zero-order valence-electron chi connectivity index (χ0n) is 9.75. The summed E-state index contributed by atoms with van der Waals surface area (Å²) in [7, 11) is -5.74. The Morgan fingerprint density at radius 1 is 1.00 bits per heavy atom. The topological polar surface area (TPSA) is 106 Å². The second kappa shape index (κ2) is 9.59. The standard InChI is InChI=1S/C7H6N2O4P2S.2Na/c8-7(16)9-4-1-5(14(10)11)3-6(2-4)15(12)13;;/h1-3H,(H3,8,9,16);;. The number of benzene rings is 1. The van der Waals surface area contributed by atoms with Crippen LogP contribution in [0.15, 0.2) is 18.2 Å². The van der Waals surface area contributed by atoms with Gasteiger partial charge in [-0.25, -0.2) is 18.3 Å². The summed E-state index contributed by atoms with van der Waals surface area (Å²) in [6.07, 6.45) is 0. The Balaban J connectivity index is 0. The van der Waals surface area contributed by atoms with Gasteiger partial charge in [0.05, 0.1) is 10.6 Å². The van der Waals surface area contributed by atoms with Crippen molar-refractivity contribution >= 4 is 108 Å². The van der Waals surface area contributed by atoms with Crippen LogP contribution in [0.3, 0.4) is 0 Å². The number of hydrogen-bond donors (Lipinski definition) is 2. The van der Waals surface area contributed by atoms with E-state index in [4.69, 9.17) is 5.73 Å². The molecule has 0 saturated carbocycles. The number of anilines is 1. The molecule has 0 aliphatic carbocycles. The van der Waals surface area contributed by atoms with Crippen molar-refractivity contribution in [2.24, 2.45) is 5.73 Å². The molecule has 0 spiro atoms. The fourth-order valence-corrected chi connectivity index (χ4v) is 2.22. The molecular formula is C7H6N2Na2O4P2S. The molecule has 1 aromatic carbocycles. The van der Waals surface area contributed by atoms with Crippen LogP contribution in [-0.4, -0.2) is 64.2 Å². The summed E-state index contributed by atoms with van der Waals surface area (Å²) in [4.78, 5) is 0. The monoisotopic (exact) mass is 322 g/mol. The molecule has 1 rings (SSSR count). The molecule has 2 radical (unpaired) electrons. The maximum absolute atomic E-state index is 10.8. The summed E-state index contributed by atoms with van der Waals surface area (Å²) < 4.78 is 43.0. The van der Waals surface area contributed by atoms with E-state index in [1.54, 1.807) is 0 Å². The van der Waals surface area contributed by atoms with E-state index in [9.17, 15) is 18.3 Å². The predicted octanol–water partition coefficient (Wildman–Crippen LogP) is 0.177. The van der Waals surface area contributed by atoms with Gasteiger partial charge in [-0.3, -0.25) is 0 Å². The first-order chi connectivity index (χ1) is 7.40. The van der Waals surface area contributed by atoms with Crippen molar-refractivity contribution < 1.29 is 18.3 Å². The van der Waals surface area contributed by atoms with Crippen molar-refractivity contribution in [1.29, 1.82) is 0 Å². The zero-order chi connectivity index (χ0) is 12.3. The van der Waals surface area contributed by atoms with Gasteiger partial charge < -0.3 is 11.1 Å². The summed E-state index contributed by atoms with van der Waals surface area (Å²) in [6.45, 7) is 0. The second-order valence-electron chi connectivity index (χ2n) is 2.74. The molecule has 0 aromatic heterocycles. The molecule has 0 bridgehead atoms. The van der Waals surface area contributed by atoms with Gasteiger partial charge in [0.25, 0.3) is 0 Å². The van der Waals surface area contributed by atoms with E-state index in [0.29, 0.717) is 0 Å². The molecule has 1 aromatic rings. The minimum absolute atomic E-state index is 0. The Bertz CT molecular complexity index is 533. The minimum Gasteiger partial charge on any atom is -0.376 e. The summed E-state index contributed by atoms with van der Waals surface area (Å²) >= 11 is 4.56. The molecule has 18 heavy (non-hydrogen) atoms. The Morgan fingerprint density at radius 3 is 1.67 bits per heavy atom. The molecule has 0 fully saturated rings. The number of thiocarbonyl (C=S) groups is 1. The van der Waals surface area contributed by atoms with E-state index in [1.165, 1.54) is 12.1 Å². The largest absolute Gasteiger partial charge is 0.376 e. The number of nitrogens with two attached hydrogens (primary N) is 1. The molecule has 6 nitrogen and oxygen atoms in total. The molecule has 0 saturated heterocycles. The molecule has 0 unspecified atom stereocenters. The molecule has 0 heterocycles. The molecule has 0 aliphatic heterocycles. The third-order valence-corrected chi connectivity index (χ3v) is 3.05. The van der Waals surface area contributed by atoms with Crippen LogP contribution in [-0.2, 0) is 18.3 Å². The van der Waals surface area contributed by atoms with Crippen LogP contribution in [0.1, 0.15) is 0 Å². The molecule has 0 amide bonds. The van der Waals surface area contributed by atoms with Gasteiger partial charge in [0.1, 0.15) is 0 Å². The van der Waals surface area contributed by atoms with Crippen molar-refractivity contribution in [3.63, 3.8) is 0 Å². The van der Waals surface area contributed by atoms with Crippen LogP contribution in [0.2, 0.25) is 0 Å². The van der Waals surface area contributed by atoms with E-state index >= 15 is 0 Å². The number of nitrogens with one attached hydrogen (secondary N) is 1. The van der Waals surface area contributed by atoms with E-state index < -0.39 is 15.4 Å². The van der Waals surface area contributed by atoms with Gasteiger partial charge in [-0.1, -0.05) is 0 Å². The van der Waals surface area contributed by atoms with Gasteiger partial charge in [0, 0.05) is 64.8 Å². The molecule has 0 aliphatic rings. The Morgan fingerprint density at radius 2 is 1.39 bits per heavy atom. The number of hydrogen-bond acceptors (Lipinski definition) is 5. The smallest absolute Gasteiger partial charge is 0.348 e. The van der Waals surface area contributed by atoms with Gasteiger partial charge in [-0.2, -0.15) is 0 Å². The molecule has 86 valence electrons. The second-order valence-corrected chi connectivity index (χ2v) is 5.24. The van der Waals surface area contributed by atoms with Gasteiger partial charge >= 0.3 is 15.4 Å². The zero-order valence-corrected chi connectivity index (χ0v) is 16.4. The SMILES string of the molecule is NC(=S)Nc1cc(P(=O)=O)cc(P(=O)=O)c1.[Na].[Na]. The Labute approximate surface area is 154 Å². The first-order valence-electron chi connectivity index (χ1n) is 3.90. The fourth-order valence-electron chi connectivity index (χ4n) is 1.02. The van der Waals surface area contributed by atoms with E-state index in [-0.39, 0.29) is 80.5 Å². The van der Waals surface area contributed by atoms with Crippen LogP contribution in [0.4, 0.5) is 5.69 Å². The van der Waals surface area contributed by atoms with E-state index in [0.717, 1.165) is 6.07 Å². The summed E-state index contributed by atoms with van der Waals surface area (Å²) in [5.74, 6) is 0. The van der Waals surface area contributed by atoms with E-state index in [1.807, 2.05) is 0 Å². The van der Waals surface area contributed by atoms with Crippen molar-refractivity contribution in [3.8, 4) is 0 Å². The van der Waals surface area contributed by atoms with Gasteiger partial charge in [-0.15, -0.1) is 0 Å². The van der Waals surface area contributed by atoms with Gasteiger partial charge in [-0.05, 0) is 30.4 Å². The molecular weight excluding hydrogens is 316 g/mol. The van der Waals surface area contributed by atoms with Crippen LogP contribution in [0, 0.1) is 0 Å². The van der Waals surface area contributed by atoms with Crippen LogP contribution in [0.5, 0.6) is 0 Å². The summed E-state index contributed by atoms with van der Waals surface area (Å²) in [5.41, 5.74) is 5.42. The molecule has 3 N–H and O–H groups in total. The van der Waals surface area contributed by atoms with Crippen LogP contribution < -0.4 is 21.7 Å². The average molecular weight is 322 g/mol. The van der Waals surface area contributed by atoms with Crippen LogP contribution in [0.25, 0.3) is 0 Å². The van der Waals surface area contributed by atoms with Gasteiger partial charge in [0.15, 0.2) is 5.11 Å². The Hall–Kier alpha value is 0.710. The van der Waals surface area contributed by atoms with Crippen molar-refractivity contribution in [3.05, 3.63) is 18.2 Å².